The van der Waals surface area contributed by atoms with Crippen LogP contribution in [0.3, 0.4) is 0 Å². The Labute approximate surface area is 185 Å². The minimum absolute atomic E-state index is 0.407. The second-order valence-corrected chi connectivity index (χ2v) is 7.10. The van der Waals surface area contributed by atoms with Crippen molar-refractivity contribution in [2.45, 2.75) is 13.5 Å². The van der Waals surface area contributed by atoms with E-state index in [0.29, 0.717) is 23.8 Å². The van der Waals surface area contributed by atoms with Crippen molar-refractivity contribution in [3.63, 3.8) is 0 Å². The number of hydrogen-bond acceptors (Lipinski definition) is 5. The maximum atomic E-state index is 5.90. The van der Waals surface area contributed by atoms with Gasteiger partial charge >= 0.3 is 0 Å². The predicted molar refractivity (Wildman–Crippen MR) is 124 cm³/mol. The Morgan fingerprint density at radius 3 is 2.55 bits per heavy atom. The second-order valence-electron chi connectivity index (χ2n) is 6.72. The summed E-state index contributed by atoms with van der Waals surface area (Å²) in [7, 11) is 0. The second kappa shape index (κ2) is 9.86. The molecule has 0 unspecified atom stereocenters. The lowest BCUT2D eigenvalue weighted by Crippen LogP contribution is -1.97. The molecular formula is C24H22N4O2S. The molecule has 1 heterocycles. The van der Waals surface area contributed by atoms with Gasteiger partial charge in [-0.25, -0.2) is 5.10 Å². The van der Waals surface area contributed by atoms with Gasteiger partial charge in [0.15, 0.2) is 5.82 Å². The molecule has 0 fully saturated rings. The summed E-state index contributed by atoms with van der Waals surface area (Å²) in [6.07, 6.45) is 1.73. The molecular weight excluding hydrogens is 408 g/mol. The summed E-state index contributed by atoms with van der Waals surface area (Å²) in [6, 6.07) is 25.5. The Hall–Kier alpha value is -3.71. The summed E-state index contributed by atoms with van der Waals surface area (Å²) in [6.45, 7) is 3.05. The van der Waals surface area contributed by atoms with E-state index in [1.807, 2.05) is 85.8 Å². The van der Waals surface area contributed by atoms with Crippen molar-refractivity contribution in [1.29, 1.82) is 0 Å². The number of benzene rings is 3. The van der Waals surface area contributed by atoms with E-state index in [2.05, 4.69) is 15.3 Å². The first-order valence-electron chi connectivity index (χ1n) is 9.95. The van der Waals surface area contributed by atoms with Crippen molar-refractivity contribution in [3.05, 3.63) is 94.8 Å². The number of hydrogen-bond donors (Lipinski definition) is 1. The van der Waals surface area contributed by atoms with Crippen LogP contribution < -0.4 is 9.47 Å². The minimum Gasteiger partial charge on any atom is -0.494 e. The molecule has 3 aromatic carbocycles. The summed E-state index contributed by atoms with van der Waals surface area (Å²) >= 11 is 5.37. The largest absolute Gasteiger partial charge is 0.494 e. The molecule has 6 nitrogen and oxygen atoms in total. The summed E-state index contributed by atoms with van der Waals surface area (Å²) in [5, 5.41) is 11.7. The lowest BCUT2D eigenvalue weighted by Gasteiger charge is -2.07. The average Bonchev–Trinajstić information content (AvgIpc) is 3.18. The van der Waals surface area contributed by atoms with Crippen molar-refractivity contribution >= 4 is 18.4 Å². The van der Waals surface area contributed by atoms with Crippen LogP contribution in [-0.4, -0.2) is 27.7 Å². The van der Waals surface area contributed by atoms with Crippen LogP contribution in [-0.2, 0) is 6.61 Å². The minimum atomic E-state index is 0.407. The first kappa shape index (κ1) is 20.6. The number of aromatic nitrogens is 3. The molecule has 4 rings (SSSR count). The van der Waals surface area contributed by atoms with Gasteiger partial charge in [0.25, 0.3) is 0 Å². The molecule has 0 radical (unpaired) electrons. The van der Waals surface area contributed by atoms with E-state index in [4.69, 9.17) is 21.7 Å². The smallest absolute Gasteiger partial charge is 0.216 e. The molecule has 0 amide bonds. The molecule has 0 saturated heterocycles. The van der Waals surface area contributed by atoms with Crippen molar-refractivity contribution in [1.82, 2.24) is 14.9 Å². The first-order valence-corrected chi connectivity index (χ1v) is 10.4. The van der Waals surface area contributed by atoms with Crippen LogP contribution in [0, 0.1) is 4.77 Å². The highest BCUT2D eigenvalue weighted by molar-refractivity contribution is 7.71. The lowest BCUT2D eigenvalue weighted by molar-refractivity contribution is 0.306. The summed E-state index contributed by atoms with van der Waals surface area (Å²) in [4.78, 5) is 0. The fourth-order valence-corrected chi connectivity index (χ4v) is 3.21. The SMILES string of the molecule is CCOc1cccc(-c2n[nH]c(=S)n2/N=C/c2cccc(OCc3ccccc3)c2)c1. The van der Waals surface area contributed by atoms with Gasteiger partial charge in [0.2, 0.25) is 4.77 Å². The van der Waals surface area contributed by atoms with E-state index in [-0.39, 0.29) is 0 Å². The van der Waals surface area contributed by atoms with Gasteiger partial charge in [-0.15, -0.1) is 0 Å². The Bertz CT molecular complexity index is 1230. The Kier molecular flexibility index (Phi) is 6.54. The van der Waals surface area contributed by atoms with Gasteiger partial charge in [-0.2, -0.15) is 14.9 Å². The fraction of sp³-hybridized carbons (Fsp3) is 0.125. The van der Waals surface area contributed by atoms with Crippen molar-refractivity contribution in [2.24, 2.45) is 5.10 Å². The van der Waals surface area contributed by atoms with E-state index in [1.165, 1.54) is 0 Å². The highest BCUT2D eigenvalue weighted by atomic mass is 32.1. The standard InChI is InChI=1S/C24H22N4O2S/c1-2-29-22-13-7-11-20(15-22)23-26-27-24(31)28(23)25-16-19-10-6-12-21(14-19)30-17-18-8-4-3-5-9-18/h3-16H,2,17H2,1H3,(H,27,31)/b25-16+. The summed E-state index contributed by atoms with van der Waals surface area (Å²) in [5.74, 6) is 2.15. The molecule has 156 valence electrons. The first-order chi connectivity index (χ1) is 15.2. The van der Waals surface area contributed by atoms with Crippen LogP contribution in [0.1, 0.15) is 18.1 Å². The maximum Gasteiger partial charge on any atom is 0.216 e. The predicted octanol–water partition coefficient (Wildman–Crippen LogP) is 5.47. The van der Waals surface area contributed by atoms with Crippen molar-refractivity contribution in [3.8, 4) is 22.9 Å². The van der Waals surface area contributed by atoms with Gasteiger partial charge in [-0.3, -0.25) is 0 Å². The number of aromatic amines is 1. The third kappa shape index (κ3) is 5.26. The molecule has 0 bridgehead atoms. The van der Waals surface area contributed by atoms with Gasteiger partial charge in [-0.05, 0) is 54.5 Å². The Balaban J connectivity index is 1.54. The van der Waals surface area contributed by atoms with Crippen molar-refractivity contribution < 1.29 is 9.47 Å². The van der Waals surface area contributed by atoms with E-state index in [0.717, 1.165) is 28.2 Å². The number of rotatable bonds is 8. The molecule has 0 aliphatic carbocycles. The molecule has 1 aromatic heterocycles. The molecule has 7 heteroatoms. The highest BCUT2D eigenvalue weighted by Gasteiger charge is 2.09. The molecule has 31 heavy (non-hydrogen) atoms. The van der Waals surface area contributed by atoms with Gasteiger partial charge < -0.3 is 9.47 Å². The van der Waals surface area contributed by atoms with E-state index in [1.54, 1.807) is 10.9 Å². The zero-order chi connectivity index (χ0) is 21.5. The third-order valence-corrected chi connectivity index (χ3v) is 4.75. The van der Waals surface area contributed by atoms with Crippen LogP contribution in [0.4, 0.5) is 0 Å². The summed E-state index contributed by atoms with van der Waals surface area (Å²) < 4.78 is 13.5. The molecule has 1 N–H and O–H groups in total. The Morgan fingerprint density at radius 1 is 0.968 bits per heavy atom. The van der Waals surface area contributed by atoms with Gasteiger partial charge in [0, 0.05) is 5.56 Å². The number of H-pyrrole nitrogens is 1. The highest BCUT2D eigenvalue weighted by Crippen LogP contribution is 2.23. The molecule has 0 saturated carbocycles. The van der Waals surface area contributed by atoms with Crippen LogP contribution in [0.15, 0.2) is 84.0 Å². The van der Waals surface area contributed by atoms with E-state index in [9.17, 15) is 0 Å². The van der Waals surface area contributed by atoms with Gasteiger partial charge in [0.05, 0.1) is 12.8 Å². The quantitative estimate of drug-likeness (QED) is 0.297. The fourth-order valence-electron chi connectivity index (χ4n) is 3.03. The average molecular weight is 431 g/mol. The van der Waals surface area contributed by atoms with Crippen LogP contribution >= 0.6 is 12.2 Å². The normalized spacial score (nSPS) is 11.0. The van der Waals surface area contributed by atoms with Gasteiger partial charge in [-0.1, -0.05) is 54.6 Å². The van der Waals surface area contributed by atoms with Crippen LogP contribution in [0.25, 0.3) is 11.4 Å². The maximum absolute atomic E-state index is 5.90. The molecule has 0 aliphatic heterocycles. The lowest BCUT2D eigenvalue weighted by atomic mass is 10.2. The molecule has 4 aromatic rings. The zero-order valence-electron chi connectivity index (χ0n) is 17.1. The topological polar surface area (TPSA) is 64.4 Å². The number of nitrogens with zero attached hydrogens (tertiary/aromatic N) is 3. The molecule has 0 atom stereocenters. The molecule has 0 spiro atoms. The summed E-state index contributed by atoms with van der Waals surface area (Å²) in [5.41, 5.74) is 2.86. The van der Waals surface area contributed by atoms with Crippen LogP contribution in [0.2, 0.25) is 0 Å². The molecule has 0 aliphatic rings. The Morgan fingerprint density at radius 2 is 1.74 bits per heavy atom. The monoisotopic (exact) mass is 430 g/mol. The number of nitrogens with one attached hydrogen (secondary N) is 1. The zero-order valence-corrected chi connectivity index (χ0v) is 17.9. The van der Waals surface area contributed by atoms with Gasteiger partial charge in [0.1, 0.15) is 18.1 Å². The van der Waals surface area contributed by atoms with E-state index >= 15 is 0 Å². The third-order valence-electron chi connectivity index (χ3n) is 4.48. The number of ether oxygens (including phenoxy) is 2. The van der Waals surface area contributed by atoms with Crippen LogP contribution in [0.5, 0.6) is 11.5 Å². The van der Waals surface area contributed by atoms with Crippen molar-refractivity contribution in [2.75, 3.05) is 6.61 Å². The van der Waals surface area contributed by atoms with E-state index < -0.39 is 0 Å².